The first-order valence-electron chi connectivity index (χ1n) is 6.44. The van der Waals surface area contributed by atoms with Crippen LogP contribution >= 0.6 is 0 Å². The van der Waals surface area contributed by atoms with Gasteiger partial charge >= 0.3 is 0 Å². The number of nitrogens with zero attached hydrogens (tertiary/aromatic N) is 3. The van der Waals surface area contributed by atoms with Crippen molar-refractivity contribution in [3.8, 4) is 0 Å². The van der Waals surface area contributed by atoms with Crippen LogP contribution in [0.25, 0.3) is 0 Å². The predicted octanol–water partition coefficient (Wildman–Crippen LogP) is 1.39. The Bertz CT molecular complexity index is 363. The van der Waals surface area contributed by atoms with E-state index in [4.69, 9.17) is 5.84 Å². The molecule has 5 heteroatoms. The van der Waals surface area contributed by atoms with Crippen molar-refractivity contribution in [1.82, 2.24) is 14.7 Å². The van der Waals surface area contributed by atoms with Crippen LogP contribution in [0, 0.1) is 6.92 Å². The lowest BCUT2D eigenvalue weighted by molar-refractivity contribution is 0.277. The molecule has 1 aliphatic heterocycles. The molecule has 1 fully saturated rings. The molecule has 2 rings (SSSR count). The number of nitrogen functional groups attached to an aromatic ring is 1. The summed E-state index contributed by atoms with van der Waals surface area (Å²) in [4.78, 5) is 2.51. The van der Waals surface area contributed by atoms with Gasteiger partial charge in [0.1, 0.15) is 5.82 Å². The fourth-order valence-electron chi connectivity index (χ4n) is 2.59. The van der Waals surface area contributed by atoms with Crippen LogP contribution in [0.4, 0.5) is 5.82 Å². The number of nitrogens with one attached hydrogen (secondary N) is 1. The van der Waals surface area contributed by atoms with E-state index < -0.39 is 0 Å². The number of hydrogen-bond acceptors (Lipinski definition) is 4. The Labute approximate surface area is 103 Å². The molecule has 17 heavy (non-hydrogen) atoms. The van der Waals surface area contributed by atoms with Gasteiger partial charge in [-0.15, -0.1) is 0 Å². The zero-order valence-electron chi connectivity index (χ0n) is 10.9. The molecular weight excluding hydrogens is 214 g/mol. The second-order valence-corrected chi connectivity index (χ2v) is 4.87. The molecule has 0 aliphatic carbocycles. The Morgan fingerprint density at radius 2 is 1.88 bits per heavy atom. The third kappa shape index (κ3) is 2.79. The number of rotatable bonds is 3. The second kappa shape index (κ2) is 5.51. The van der Waals surface area contributed by atoms with Gasteiger partial charge in [0.05, 0.1) is 5.69 Å². The summed E-state index contributed by atoms with van der Waals surface area (Å²) < 4.78 is 1.82. The molecule has 3 N–H and O–H groups in total. The van der Waals surface area contributed by atoms with Crippen molar-refractivity contribution in [1.29, 1.82) is 0 Å². The molecule has 0 aromatic carbocycles. The maximum Gasteiger partial charge on any atom is 0.142 e. The topological polar surface area (TPSA) is 59.1 Å². The molecule has 0 amide bonds. The van der Waals surface area contributed by atoms with Crippen LogP contribution in [-0.4, -0.2) is 27.8 Å². The van der Waals surface area contributed by atoms with Gasteiger partial charge in [0.2, 0.25) is 0 Å². The first-order valence-corrected chi connectivity index (χ1v) is 6.44. The number of nitrogens with two attached hydrogens (primary N) is 1. The van der Waals surface area contributed by atoms with Crippen LogP contribution in [0.5, 0.6) is 0 Å². The highest BCUT2D eigenvalue weighted by atomic mass is 15.4. The summed E-state index contributed by atoms with van der Waals surface area (Å²) in [7, 11) is 1.92. The van der Waals surface area contributed by atoms with Crippen molar-refractivity contribution in [2.24, 2.45) is 12.9 Å². The van der Waals surface area contributed by atoms with E-state index in [-0.39, 0.29) is 0 Å². The fraction of sp³-hybridized carbons (Fsp3) is 0.750. The highest BCUT2D eigenvalue weighted by Gasteiger charge is 2.16. The molecule has 1 aliphatic rings. The maximum absolute atomic E-state index is 5.57. The first kappa shape index (κ1) is 12.4. The molecule has 96 valence electrons. The summed E-state index contributed by atoms with van der Waals surface area (Å²) in [5, 5.41) is 4.42. The van der Waals surface area contributed by atoms with Crippen molar-refractivity contribution in [2.75, 3.05) is 18.5 Å². The lowest BCUT2D eigenvalue weighted by Gasteiger charge is -2.20. The predicted molar refractivity (Wildman–Crippen MR) is 69.5 cm³/mol. The highest BCUT2D eigenvalue weighted by Crippen LogP contribution is 2.21. The van der Waals surface area contributed by atoms with Crippen LogP contribution in [0.2, 0.25) is 0 Å². The van der Waals surface area contributed by atoms with Crippen molar-refractivity contribution in [3.63, 3.8) is 0 Å². The largest absolute Gasteiger partial charge is 0.308 e. The van der Waals surface area contributed by atoms with Crippen molar-refractivity contribution in [3.05, 3.63) is 11.3 Å². The summed E-state index contributed by atoms with van der Waals surface area (Å²) >= 11 is 0. The zero-order valence-corrected chi connectivity index (χ0v) is 10.9. The van der Waals surface area contributed by atoms with E-state index in [0.717, 1.165) is 18.1 Å². The zero-order chi connectivity index (χ0) is 12.3. The minimum absolute atomic E-state index is 0.937. The van der Waals surface area contributed by atoms with Gasteiger partial charge in [-0.1, -0.05) is 12.8 Å². The quantitative estimate of drug-likeness (QED) is 0.616. The summed E-state index contributed by atoms with van der Waals surface area (Å²) in [5.74, 6) is 6.51. The minimum atomic E-state index is 0.937. The minimum Gasteiger partial charge on any atom is -0.308 e. The fourth-order valence-corrected chi connectivity index (χ4v) is 2.59. The van der Waals surface area contributed by atoms with Crippen LogP contribution in [0.15, 0.2) is 0 Å². The normalized spacial score (nSPS) is 18.1. The SMILES string of the molecule is Cc1nn(C)c(NN)c1CN1CCCCCC1. The highest BCUT2D eigenvalue weighted by molar-refractivity contribution is 5.46. The van der Waals surface area contributed by atoms with Crippen LogP contribution in [0.3, 0.4) is 0 Å². The summed E-state index contributed by atoms with van der Waals surface area (Å²) in [6.07, 6.45) is 5.35. The molecule has 0 saturated carbocycles. The monoisotopic (exact) mass is 237 g/mol. The lowest BCUT2D eigenvalue weighted by atomic mass is 10.2. The number of anilines is 1. The number of aryl methyl sites for hydroxylation is 2. The van der Waals surface area contributed by atoms with Gasteiger partial charge in [0, 0.05) is 19.2 Å². The van der Waals surface area contributed by atoms with Gasteiger partial charge in [-0.05, 0) is 32.9 Å². The Morgan fingerprint density at radius 1 is 1.24 bits per heavy atom. The molecule has 0 spiro atoms. The maximum atomic E-state index is 5.57. The number of aromatic nitrogens is 2. The molecule has 0 unspecified atom stereocenters. The second-order valence-electron chi connectivity index (χ2n) is 4.87. The summed E-state index contributed by atoms with van der Waals surface area (Å²) in [6, 6.07) is 0. The van der Waals surface area contributed by atoms with Crippen LogP contribution in [0.1, 0.15) is 36.9 Å². The molecule has 0 bridgehead atoms. The van der Waals surface area contributed by atoms with E-state index in [1.165, 1.54) is 44.3 Å². The molecule has 0 atom stereocenters. The van der Waals surface area contributed by atoms with Crippen molar-refractivity contribution < 1.29 is 0 Å². The summed E-state index contributed by atoms with van der Waals surface area (Å²) in [5.41, 5.74) is 5.07. The van der Waals surface area contributed by atoms with Gasteiger partial charge in [-0.25, -0.2) is 5.84 Å². The van der Waals surface area contributed by atoms with Crippen molar-refractivity contribution in [2.45, 2.75) is 39.2 Å². The van der Waals surface area contributed by atoms with Gasteiger partial charge in [-0.3, -0.25) is 9.58 Å². The van der Waals surface area contributed by atoms with E-state index in [2.05, 4.69) is 15.4 Å². The third-order valence-corrected chi connectivity index (χ3v) is 3.56. The van der Waals surface area contributed by atoms with E-state index in [1.54, 1.807) is 0 Å². The molecule has 1 aromatic heterocycles. The number of hydrazine groups is 1. The smallest absolute Gasteiger partial charge is 0.142 e. The molecule has 0 radical (unpaired) electrons. The van der Waals surface area contributed by atoms with Gasteiger partial charge in [-0.2, -0.15) is 5.10 Å². The third-order valence-electron chi connectivity index (χ3n) is 3.56. The van der Waals surface area contributed by atoms with E-state index in [0.29, 0.717) is 0 Å². The Morgan fingerprint density at radius 3 is 2.47 bits per heavy atom. The van der Waals surface area contributed by atoms with Crippen LogP contribution < -0.4 is 11.3 Å². The Balaban J connectivity index is 2.11. The van der Waals surface area contributed by atoms with Crippen LogP contribution in [-0.2, 0) is 13.6 Å². The van der Waals surface area contributed by atoms with E-state index in [1.807, 2.05) is 18.7 Å². The average molecular weight is 237 g/mol. The first-order chi connectivity index (χ1) is 8.22. The molecular formula is C12H23N5. The number of likely N-dealkylation sites (tertiary alicyclic amines) is 1. The molecule has 1 saturated heterocycles. The van der Waals surface area contributed by atoms with Gasteiger partial charge in [0.15, 0.2) is 0 Å². The lowest BCUT2D eigenvalue weighted by Crippen LogP contribution is -2.25. The van der Waals surface area contributed by atoms with E-state index >= 15 is 0 Å². The standard InChI is InChI=1S/C12H23N5/c1-10-11(12(14-13)16(2)15-10)9-17-7-5-3-4-6-8-17/h14H,3-9,13H2,1-2H3. The van der Waals surface area contributed by atoms with Gasteiger partial charge < -0.3 is 5.43 Å². The van der Waals surface area contributed by atoms with E-state index in [9.17, 15) is 0 Å². The molecule has 5 nitrogen and oxygen atoms in total. The van der Waals surface area contributed by atoms with Gasteiger partial charge in [0.25, 0.3) is 0 Å². The van der Waals surface area contributed by atoms with Crippen molar-refractivity contribution >= 4 is 5.82 Å². The summed E-state index contributed by atoms with van der Waals surface area (Å²) in [6.45, 7) is 5.39. The Kier molecular flexibility index (Phi) is 4.02. The average Bonchev–Trinajstić information content (AvgIpc) is 2.50. The molecule has 2 heterocycles. The number of hydrogen-bond donors (Lipinski definition) is 2. The Hall–Kier alpha value is -1.07. The molecule has 1 aromatic rings.